The third kappa shape index (κ3) is 2.75. The van der Waals surface area contributed by atoms with Crippen LogP contribution in [0.15, 0.2) is 18.2 Å². The van der Waals surface area contributed by atoms with E-state index in [1.807, 2.05) is 11.8 Å². The van der Waals surface area contributed by atoms with Crippen molar-refractivity contribution in [1.29, 1.82) is 0 Å². The molecular weight excluding hydrogens is 332 g/mol. The van der Waals surface area contributed by atoms with Gasteiger partial charge < -0.3 is 9.47 Å². The van der Waals surface area contributed by atoms with Crippen molar-refractivity contribution >= 4 is 11.8 Å². The smallest absolute Gasteiger partial charge is 0.231 e. The molecule has 0 saturated carbocycles. The van der Waals surface area contributed by atoms with Crippen LogP contribution in [-0.2, 0) is 0 Å². The summed E-state index contributed by atoms with van der Waals surface area (Å²) >= 11 is 1.97. The highest BCUT2D eigenvalue weighted by molar-refractivity contribution is 7.98. The summed E-state index contributed by atoms with van der Waals surface area (Å²) in [7, 11) is 0. The van der Waals surface area contributed by atoms with Gasteiger partial charge in [-0.15, -0.1) is 0 Å². The number of benzene rings is 1. The highest BCUT2D eigenvalue weighted by Gasteiger charge is 2.53. The Morgan fingerprint density at radius 3 is 2.80 bits per heavy atom. The molecule has 0 amide bonds. The van der Waals surface area contributed by atoms with Gasteiger partial charge in [-0.05, 0) is 74.5 Å². The second-order valence-electron chi connectivity index (χ2n) is 7.92. The van der Waals surface area contributed by atoms with Crippen molar-refractivity contribution in [2.45, 2.75) is 37.3 Å². The summed E-state index contributed by atoms with van der Waals surface area (Å²) in [5.74, 6) is 4.63. The molecule has 3 atom stereocenters. The van der Waals surface area contributed by atoms with Crippen molar-refractivity contribution in [3.05, 3.63) is 23.8 Å². The van der Waals surface area contributed by atoms with Gasteiger partial charge in [0.1, 0.15) is 0 Å². The molecule has 136 valence electrons. The quantitative estimate of drug-likeness (QED) is 0.752. The maximum atomic E-state index is 5.65. The summed E-state index contributed by atoms with van der Waals surface area (Å²) in [6.45, 7) is 5.42. The van der Waals surface area contributed by atoms with Crippen LogP contribution in [0.5, 0.6) is 11.5 Å². The molecule has 1 aromatic carbocycles. The Morgan fingerprint density at radius 2 is 1.96 bits per heavy atom. The van der Waals surface area contributed by atoms with Gasteiger partial charge in [-0.25, -0.2) is 0 Å². The van der Waals surface area contributed by atoms with E-state index in [2.05, 4.69) is 34.3 Å². The monoisotopic (exact) mass is 360 g/mol. The van der Waals surface area contributed by atoms with Crippen LogP contribution < -0.4 is 9.47 Å². The molecule has 5 aliphatic heterocycles. The number of nitrogens with zero attached hydrogens (tertiary/aromatic N) is 2. The number of fused-ring (bicyclic) bond motifs is 3. The molecule has 4 fully saturated rings. The minimum atomic E-state index is 0.366. The van der Waals surface area contributed by atoms with E-state index in [1.165, 1.54) is 56.8 Å². The van der Waals surface area contributed by atoms with Crippen LogP contribution >= 0.6 is 11.8 Å². The van der Waals surface area contributed by atoms with Gasteiger partial charge in [0.2, 0.25) is 6.79 Å². The van der Waals surface area contributed by atoms with Crippen molar-refractivity contribution in [3.63, 3.8) is 0 Å². The van der Waals surface area contributed by atoms with Crippen LogP contribution in [0.2, 0.25) is 0 Å². The molecule has 0 spiro atoms. The fraction of sp³-hybridized carbons (Fsp3) is 0.700. The molecule has 0 unspecified atom stereocenters. The first kappa shape index (κ1) is 16.3. The largest absolute Gasteiger partial charge is 0.454 e. The molecule has 5 heteroatoms. The molecule has 2 bridgehead atoms. The van der Waals surface area contributed by atoms with E-state index >= 15 is 0 Å². The Balaban J connectivity index is 1.43. The number of hydrogen-bond donors (Lipinski definition) is 0. The Morgan fingerprint density at radius 1 is 1.12 bits per heavy atom. The summed E-state index contributed by atoms with van der Waals surface area (Å²) < 4.78 is 11.2. The first-order chi connectivity index (χ1) is 12.3. The van der Waals surface area contributed by atoms with E-state index in [4.69, 9.17) is 9.47 Å². The molecule has 0 radical (unpaired) electrons. The first-order valence-electron chi connectivity index (χ1n) is 9.72. The van der Waals surface area contributed by atoms with E-state index in [0.29, 0.717) is 18.8 Å². The van der Waals surface area contributed by atoms with E-state index < -0.39 is 0 Å². The van der Waals surface area contributed by atoms with E-state index in [9.17, 15) is 0 Å². The van der Waals surface area contributed by atoms with Crippen LogP contribution in [0.25, 0.3) is 0 Å². The molecule has 4 nitrogen and oxygen atoms in total. The molecule has 0 aliphatic carbocycles. The van der Waals surface area contributed by atoms with Crippen molar-refractivity contribution in [1.82, 2.24) is 9.80 Å². The zero-order valence-corrected chi connectivity index (χ0v) is 15.8. The lowest BCUT2D eigenvalue weighted by atomic mass is 9.75. The Bertz CT molecular complexity index is 632. The predicted octanol–water partition coefficient (Wildman–Crippen LogP) is 3.03. The zero-order valence-electron chi connectivity index (χ0n) is 15.0. The van der Waals surface area contributed by atoms with Crippen molar-refractivity contribution in [2.75, 3.05) is 45.0 Å². The minimum absolute atomic E-state index is 0.366. The van der Waals surface area contributed by atoms with Crippen LogP contribution in [-0.4, -0.2) is 66.9 Å². The number of likely N-dealkylation sites (tertiary alicyclic amines) is 1. The van der Waals surface area contributed by atoms with Crippen molar-refractivity contribution in [2.24, 2.45) is 5.92 Å². The second-order valence-corrected chi connectivity index (χ2v) is 8.90. The number of hydrogen-bond acceptors (Lipinski definition) is 5. The molecule has 4 saturated heterocycles. The minimum Gasteiger partial charge on any atom is -0.454 e. The number of rotatable bonds is 5. The van der Waals surface area contributed by atoms with Gasteiger partial charge in [-0.3, -0.25) is 9.80 Å². The Kier molecular flexibility index (Phi) is 4.34. The lowest BCUT2D eigenvalue weighted by Gasteiger charge is -2.51. The van der Waals surface area contributed by atoms with Gasteiger partial charge in [0.05, 0.1) is 0 Å². The van der Waals surface area contributed by atoms with Crippen LogP contribution in [0, 0.1) is 5.92 Å². The first-order valence-corrected chi connectivity index (χ1v) is 11.1. The molecule has 1 aromatic rings. The van der Waals surface area contributed by atoms with Crippen molar-refractivity contribution < 1.29 is 9.47 Å². The van der Waals surface area contributed by atoms with Gasteiger partial charge in [-0.1, -0.05) is 6.07 Å². The molecule has 0 N–H and O–H groups in total. The topological polar surface area (TPSA) is 24.9 Å². The van der Waals surface area contributed by atoms with Gasteiger partial charge in [-0.2, -0.15) is 11.8 Å². The van der Waals surface area contributed by atoms with Gasteiger partial charge in [0.15, 0.2) is 11.5 Å². The highest BCUT2D eigenvalue weighted by atomic mass is 32.2. The molecular formula is C20H28N2O2S. The lowest BCUT2D eigenvalue weighted by Crippen LogP contribution is -2.60. The number of piperidine rings is 3. The maximum absolute atomic E-state index is 5.65. The summed E-state index contributed by atoms with van der Waals surface area (Å²) in [5.41, 5.74) is 1.44. The number of thioether (sulfide) groups is 1. The molecule has 6 rings (SSSR count). The third-order valence-corrected chi connectivity index (χ3v) is 7.41. The van der Waals surface area contributed by atoms with Gasteiger partial charge in [0.25, 0.3) is 0 Å². The van der Waals surface area contributed by atoms with Gasteiger partial charge >= 0.3 is 0 Å². The van der Waals surface area contributed by atoms with Crippen LogP contribution in [0.1, 0.15) is 30.7 Å². The standard InChI is InChI=1S/C20H28N2O2S/c1-25-10-2-7-22-12-16(15-3-4-17-18(11-15)24-13-23-17)20-19(22)14-5-8-21(20)9-6-14/h3-4,11,14,16,19-20H,2,5-10,12-13H2,1H3/t16-,19+,20+/m1/s1. The summed E-state index contributed by atoms with van der Waals surface area (Å²) in [5, 5.41) is 0. The highest BCUT2D eigenvalue weighted by Crippen LogP contribution is 2.47. The molecule has 0 aromatic heterocycles. The second kappa shape index (κ2) is 6.67. The predicted molar refractivity (Wildman–Crippen MR) is 102 cm³/mol. The summed E-state index contributed by atoms with van der Waals surface area (Å²) in [6.07, 6.45) is 6.32. The third-order valence-electron chi connectivity index (χ3n) is 6.71. The van der Waals surface area contributed by atoms with E-state index in [-0.39, 0.29) is 0 Å². The van der Waals surface area contributed by atoms with Gasteiger partial charge in [0, 0.05) is 24.5 Å². The normalized spacial score (nSPS) is 36.0. The van der Waals surface area contributed by atoms with Crippen molar-refractivity contribution in [3.8, 4) is 11.5 Å². The average Bonchev–Trinajstić information content (AvgIpc) is 3.28. The van der Waals surface area contributed by atoms with E-state index in [0.717, 1.165) is 23.5 Å². The summed E-state index contributed by atoms with van der Waals surface area (Å²) in [6, 6.07) is 8.10. The van der Waals surface area contributed by atoms with Crippen LogP contribution in [0.3, 0.4) is 0 Å². The SMILES string of the molecule is CSCCCN1C[C@H](c2ccc3c(c2)OCO3)[C@H]2[C@@H]1C1CCN2CC1. The molecule has 25 heavy (non-hydrogen) atoms. The Hall–Kier alpha value is -0.910. The summed E-state index contributed by atoms with van der Waals surface area (Å²) in [4.78, 5) is 5.61. The average molecular weight is 361 g/mol. The Labute approximate surface area is 154 Å². The molecule has 5 heterocycles. The lowest BCUT2D eigenvalue weighted by molar-refractivity contribution is -0.00634. The number of ether oxygens (including phenoxy) is 2. The van der Waals surface area contributed by atoms with Crippen LogP contribution in [0.4, 0.5) is 0 Å². The zero-order chi connectivity index (χ0) is 16.8. The fourth-order valence-corrected chi connectivity index (χ4v) is 6.06. The van der Waals surface area contributed by atoms with E-state index in [1.54, 1.807) is 0 Å². The maximum Gasteiger partial charge on any atom is 0.231 e. The molecule has 5 aliphatic rings. The fourth-order valence-electron chi connectivity index (χ4n) is 5.64.